The van der Waals surface area contributed by atoms with Crippen molar-refractivity contribution in [1.82, 2.24) is 4.98 Å². The molecular formula is C19H23NO3S. The summed E-state index contributed by atoms with van der Waals surface area (Å²) >= 11 is 1.60. The third-order valence-electron chi connectivity index (χ3n) is 4.19. The largest absolute Gasteiger partial charge is 0.465 e. The third kappa shape index (κ3) is 3.73. The molecule has 0 spiro atoms. The number of ketones is 1. The van der Waals surface area contributed by atoms with Crippen LogP contribution in [0, 0.1) is 20.8 Å². The molecule has 0 radical (unpaired) electrons. The lowest BCUT2D eigenvalue weighted by Crippen LogP contribution is -2.16. The van der Waals surface area contributed by atoms with Crippen LogP contribution in [0.15, 0.2) is 24.3 Å². The van der Waals surface area contributed by atoms with Crippen molar-refractivity contribution in [1.29, 1.82) is 0 Å². The fraction of sp³-hybridized carbons (Fsp3) is 0.368. The lowest BCUT2D eigenvalue weighted by atomic mass is 10.1. The highest BCUT2D eigenvalue weighted by Gasteiger charge is 2.25. The molecule has 1 heterocycles. The number of aromatic nitrogens is 1. The maximum Gasteiger partial charge on any atom is 0.339 e. The Labute approximate surface area is 147 Å². The van der Waals surface area contributed by atoms with Crippen molar-refractivity contribution in [2.45, 2.75) is 38.7 Å². The Balaban J connectivity index is 2.14. The summed E-state index contributed by atoms with van der Waals surface area (Å²) in [6, 6.07) is 8.18. The summed E-state index contributed by atoms with van der Waals surface area (Å²) in [4.78, 5) is 27.6. The second kappa shape index (κ2) is 7.71. The molecule has 4 nitrogen and oxygen atoms in total. The second-order valence-corrected chi connectivity index (χ2v) is 7.19. The monoisotopic (exact) mass is 345 g/mol. The van der Waals surface area contributed by atoms with Gasteiger partial charge in [-0.15, -0.1) is 11.8 Å². The Kier molecular flexibility index (Phi) is 5.89. The van der Waals surface area contributed by atoms with Crippen LogP contribution in [0.4, 0.5) is 0 Å². The van der Waals surface area contributed by atoms with Crippen LogP contribution in [0.5, 0.6) is 0 Å². The van der Waals surface area contributed by atoms with Crippen molar-refractivity contribution in [2.75, 3.05) is 7.11 Å². The molecular weight excluding hydrogens is 322 g/mol. The molecule has 0 fully saturated rings. The van der Waals surface area contributed by atoms with E-state index in [9.17, 15) is 9.59 Å². The molecule has 0 saturated heterocycles. The van der Waals surface area contributed by atoms with Gasteiger partial charge in [0.25, 0.3) is 0 Å². The molecule has 1 atom stereocenters. The molecule has 2 rings (SSSR count). The minimum Gasteiger partial charge on any atom is -0.465 e. The van der Waals surface area contributed by atoms with Gasteiger partial charge in [0, 0.05) is 11.4 Å². The number of carbonyl (C=O) groups is 2. The van der Waals surface area contributed by atoms with Crippen LogP contribution in [0.2, 0.25) is 0 Å². The predicted octanol–water partition coefficient (Wildman–Crippen LogP) is 4.23. The van der Waals surface area contributed by atoms with Crippen LogP contribution < -0.4 is 0 Å². The lowest BCUT2D eigenvalue weighted by Gasteiger charge is -2.11. The molecule has 0 aliphatic rings. The van der Waals surface area contributed by atoms with Gasteiger partial charge in [-0.2, -0.15) is 0 Å². The van der Waals surface area contributed by atoms with Crippen LogP contribution >= 0.6 is 11.8 Å². The van der Waals surface area contributed by atoms with E-state index in [0.29, 0.717) is 22.5 Å². The third-order valence-corrected chi connectivity index (χ3v) is 5.38. The molecule has 0 bridgehead atoms. The van der Waals surface area contributed by atoms with Crippen molar-refractivity contribution in [3.63, 3.8) is 0 Å². The summed E-state index contributed by atoms with van der Waals surface area (Å²) in [5, 5.41) is -0.202. The minimum atomic E-state index is -0.416. The highest BCUT2D eigenvalue weighted by Crippen LogP contribution is 2.26. The summed E-state index contributed by atoms with van der Waals surface area (Å²) < 4.78 is 4.79. The van der Waals surface area contributed by atoms with E-state index in [1.165, 1.54) is 18.2 Å². The van der Waals surface area contributed by atoms with E-state index in [0.717, 1.165) is 5.75 Å². The van der Waals surface area contributed by atoms with Crippen molar-refractivity contribution in [3.05, 3.63) is 57.9 Å². The summed E-state index contributed by atoms with van der Waals surface area (Å²) in [6.07, 6.45) is 0. The number of ether oxygens (including phenoxy) is 1. The fourth-order valence-corrected chi connectivity index (χ4v) is 3.69. The number of benzene rings is 1. The highest BCUT2D eigenvalue weighted by atomic mass is 32.2. The number of esters is 1. The molecule has 1 aromatic heterocycles. The SMILES string of the molecule is COC(=O)c1c(C)[nH]c(C(=O)[C@@H](C)SCc2ccccc2C)c1C. The van der Waals surface area contributed by atoms with E-state index in [-0.39, 0.29) is 11.0 Å². The summed E-state index contributed by atoms with van der Waals surface area (Å²) in [7, 11) is 1.34. The summed E-state index contributed by atoms with van der Waals surface area (Å²) in [5.41, 5.74) is 4.74. The van der Waals surface area contributed by atoms with Gasteiger partial charge in [0.2, 0.25) is 0 Å². The zero-order valence-corrected chi connectivity index (χ0v) is 15.5. The van der Waals surface area contributed by atoms with E-state index in [4.69, 9.17) is 4.74 Å². The number of thioether (sulfide) groups is 1. The molecule has 1 aromatic carbocycles. The van der Waals surface area contributed by atoms with E-state index < -0.39 is 5.97 Å². The Morgan fingerprint density at radius 3 is 2.50 bits per heavy atom. The number of rotatable bonds is 6. The fourth-order valence-electron chi connectivity index (χ4n) is 2.67. The van der Waals surface area contributed by atoms with Crippen LogP contribution in [0.3, 0.4) is 0 Å². The average Bonchev–Trinajstić information content (AvgIpc) is 2.87. The maximum absolute atomic E-state index is 12.7. The number of methoxy groups -OCH3 is 1. The van der Waals surface area contributed by atoms with Crippen molar-refractivity contribution < 1.29 is 14.3 Å². The number of nitrogens with one attached hydrogen (secondary N) is 1. The first-order valence-electron chi connectivity index (χ1n) is 7.84. The number of carbonyl (C=O) groups excluding carboxylic acids is 2. The number of H-pyrrole nitrogens is 1. The average molecular weight is 345 g/mol. The first-order valence-corrected chi connectivity index (χ1v) is 8.89. The Bertz CT molecular complexity index is 764. The Morgan fingerprint density at radius 2 is 1.88 bits per heavy atom. The van der Waals surface area contributed by atoms with Gasteiger partial charge in [0.1, 0.15) is 0 Å². The smallest absolute Gasteiger partial charge is 0.339 e. The van der Waals surface area contributed by atoms with Crippen LogP contribution in [-0.2, 0) is 10.5 Å². The van der Waals surface area contributed by atoms with E-state index in [1.54, 1.807) is 25.6 Å². The molecule has 0 amide bonds. The Hall–Kier alpha value is -2.01. The number of hydrogen-bond acceptors (Lipinski definition) is 4. The lowest BCUT2D eigenvalue weighted by molar-refractivity contribution is 0.0599. The molecule has 5 heteroatoms. The standard InChI is InChI=1S/C19H23NO3S/c1-11-8-6-7-9-15(11)10-24-14(4)18(21)17-12(2)16(13(3)20-17)19(22)23-5/h6-9,14,20H,10H2,1-5H3/t14-/m1/s1. The zero-order chi connectivity index (χ0) is 17.9. The van der Waals surface area contributed by atoms with Gasteiger partial charge in [-0.05, 0) is 44.4 Å². The molecule has 0 aliphatic carbocycles. The van der Waals surface area contributed by atoms with Gasteiger partial charge in [-0.3, -0.25) is 4.79 Å². The van der Waals surface area contributed by atoms with Crippen LogP contribution in [0.25, 0.3) is 0 Å². The normalized spacial score (nSPS) is 12.0. The van der Waals surface area contributed by atoms with E-state index in [1.807, 2.05) is 19.1 Å². The maximum atomic E-state index is 12.7. The number of aromatic amines is 1. The predicted molar refractivity (Wildman–Crippen MR) is 97.9 cm³/mol. The molecule has 128 valence electrons. The first kappa shape index (κ1) is 18.3. The number of hydrogen-bond donors (Lipinski definition) is 1. The highest BCUT2D eigenvalue weighted by molar-refractivity contribution is 7.99. The number of aryl methyl sites for hydroxylation is 2. The topological polar surface area (TPSA) is 59.2 Å². The minimum absolute atomic E-state index is 0.00402. The van der Waals surface area contributed by atoms with Gasteiger partial charge in [0.15, 0.2) is 5.78 Å². The summed E-state index contributed by atoms with van der Waals surface area (Å²) in [5.74, 6) is 0.368. The molecule has 0 unspecified atom stereocenters. The molecule has 2 aromatic rings. The molecule has 0 aliphatic heterocycles. The first-order chi connectivity index (χ1) is 11.4. The van der Waals surface area contributed by atoms with Gasteiger partial charge in [-0.1, -0.05) is 24.3 Å². The summed E-state index contributed by atoms with van der Waals surface area (Å²) in [6.45, 7) is 7.53. The second-order valence-electron chi connectivity index (χ2n) is 5.86. The molecule has 24 heavy (non-hydrogen) atoms. The van der Waals surface area contributed by atoms with Gasteiger partial charge in [0.05, 0.1) is 23.6 Å². The van der Waals surface area contributed by atoms with Crippen LogP contribution in [0.1, 0.15) is 50.2 Å². The van der Waals surface area contributed by atoms with Crippen molar-refractivity contribution in [3.8, 4) is 0 Å². The zero-order valence-electron chi connectivity index (χ0n) is 14.7. The molecule has 1 N–H and O–H groups in total. The number of Topliss-reactive ketones (excluding diaryl/α,β-unsaturated/α-hetero) is 1. The van der Waals surface area contributed by atoms with Gasteiger partial charge < -0.3 is 9.72 Å². The van der Waals surface area contributed by atoms with E-state index in [2.05, 4.69) is 24.0 Å². The van der Waals surface area contributed by atoms with Crippen LogP contribution in [-0.4, -0.2) is 29.1 Å². The van der Waals surface area contributed by atoms with Gasteiger partial charge >= 0.3 is 5.97 Å². The van der Waals surface area contributed by atoms with E-state index >= 15 is 0 Å². The van der Waals surface area contributed by atoms with Crippen molar-refractivity contribution >= 4 is 23.5 Å². The van der Waals surface area contributed by atoms with Crippen molar-refractivity contribution in [2.24, 2.45) is 0 Å². The molecule has 0 saturated carbocycles. The Morgan fingerprint density at radius 1 is 1.21 bits per heavy atom. The van der Waals surface area contributed by atoms with Gasteiger partial charge in [-0.25, -0.2) is 4.79 Å². The quantitative estimate of drug-likeness (QED) is 0.629.